The van der Waals surface area contributed by atoms with Crippen LogP contribution in [-0.2, 0) is 31.5 Å². The topological polar surface area (TPSA) is 106 Å². The fourth-order valence-electron chi connectivity index (χ4n) is 3.45. The number of likely N-dealkylation sites (N-methyl/N-ethyl adjacent to an activating group) is 1. The van der Waals surface area contributed by atoms with E-state index < -0.39 is 17.7 Å². The number of carboxylic acid groups (broad SMARTS) is 2. The van der Waals surface area contributed by atoms with Crippen LogP contribution in [-0.4, -0.2) is 60.4 Å². The minimum Gasteiger partial charge on any atom is -0.488 e. The minimum absolute atomic E-state index is 0.0158. The van der Waals surface area contributed by atoms with Gasteiger partial charge in [-0.2, -0.15) is 0 Å². The first-order valence-corrected chi connectivity index (χ1v) is 9.54. The zero-order valence-electron chi connectivity index (χ0n) is 16.5. The predicted molar refractivity (Wildman–Crippen MR) is 108 cm³/mol. The van der Waals surface area contributed by atoms with Gasteiger partial charge in [0.1, 0.15) is 12.4 Å². The zero-order valence-corrected chi connectivity index (χ0v) is 17.3. The van der Waals surface area contributed by atoms with Gasteiger partial charge in [0.2, 0.25) is 5.79 Å². The molecule has 4 rings (SSSR count). The number of nitrogens with zero attached hydrogens (tertiary/aromatic N) is 1. The second kappa shape index (κ2) is 9.01. The van der Waals surface area contributed by atoms with Crippen LogP contribution < -0.4 is 4.74 Å². The molecule has 1 spiro atoms. The predicted octanol–water partition coefficient (Wildman–Crippen LogP) is 2.57. The van der Waals surface area contributed by atoms with Gasteiger partial charge in [0.25, 0.3) is 0 Å². The first-order chi connectivity index (χ1) is 14.2. The molecule has 1 saturated heterocycles. The van der Waals surface area contributed by atoms with Gasteiger partial charge in [-0.05, 0) is 37.9 Å². The number of carbonyl (C=O) groups is 2. The highest BCUT2D eigenvalue weighted by molar-refractivity contribution is 6.30. The van der Waals surface area contributed by atoms with Crippen LogP contribution in [0.15, 0.2) is 42.5 Å². The highest BCUT2D eigenvalue weighted by atomic mass is 35.5. The van der Waals surface area contributed by atoms with Crippen LogP contribution in [0, 0.1) is 0 Å². The summed E-state index contributed by atoms with van der Waals surface area (Å²) in [4.78, 5) is 20.3. The second-order valence-corrected chi connectivity index (χ2v) is 7.56. The number of hydrogen-bond donors (Lipinski definition) is 2. The Morgan fingerprint density at radius 3 is 2.50 bits per heavy atom. The van der Waals surface area contributed by atoms with Crippen molar-refractivity contribution in [3.63, 3.8) is 0 Å². The van der Waals surface area contributed by atoms with E-state index in [4.69, 9.17) is 45.6 Å². The Kier molecular flexibility index (Phi) is 6.62. The van der Waals surface area contributed by atoms with E-state index in [-0.39, 0.29) is 6.10 Å². The smallest absolute Gasteiger partial charge is 0.414 e. The molecule has 2 aliphatic rings. The Balaban J connectivity index is 0.000000377. The van der Waals surface area contributed by atoms with Gasteiger partial charge >= 0.3 is 11.9 Å². The van der Waals surface area contributed by atoms with Gasteiger partial charge in [0.15, 0.2) is 0 Å². The molecule has 0 radical (unpaired) electrons. The molecular formula is C21H22ClNO7. The molecule has 2 atom stereocenters. The van der Waals surface area contributed by atoms with Crippen molar-refractivity contribution in [2.75, 3.05) is 27.2 Å². The molecule has 0 bridgehead atoms. The lowest BCUT2D eigenvalue weighted by atomic mass is 9.93. The van der Waals surface area contributed by atoms with Crippen molar-refractivity contribution in [1.29, 1.82) is 0 Å². The number of halogens is 1. The number of fused-ring (bicyclic) bond motifs is 4. The third-order valence-corrected chi connectivity index (χ3v) is 4.84. The fourth-order valence-corrected chi connectivity index (χ4v) is 3.62. The SMILES string of the molecule is CN(C)CC1COC2(O1)c1ccccc1COc1ccc(Cl)cc12.O=C(O)C(=O)O. The van der Waals surface area contributed by atoms with Crippen LogP contribution in [0.2, 0.25) is 5.02 Å². The molecule has 0 aromatic heterocycles. The summed E-state index contributed by atoms with van der Waals surface area (Å²) < 4.78 is 18.8. The van der Waals surface area contributed by atoms with E-state index in [0.29, 0.717) is 18.2 Å². The summed E-state index contributed by atoms with van der Waals surface area (Å²) in [6, 6.07) is 13.7. The van der Waals surface area contributed by atoms with Crippen molar-refractivity contribution >= 4 is 23.5 Å². The van der Waals surface area contributed by atoms with Gasteiger partial charge in [-0.25, -0.2) is 9.59 Å². The van der Waals surface area contributed by atoms with E-state index in [0.717, 1.165) is 29.0 Å². The molecule has 2 aliphatic heterocycles. The Hall–Kier alpha value is -2.65. The summed E-state index contributed by atoms with van der Waals surface area (Å²) in [7, 11) is 4.06. The van der Waals surface area contributed by atoms with Crippen LogP contribution in [0.1, 0.15) is 16.7 Å². The maximum atomic E-state index is 9.10. The van der Waals surface area contributed by atoms with Crippen molar-refractivity contribution in [1.82, 2.24) is 4.90 Å². The molecule has 2 aromatic rings. The Labute approximate surface area is 178 Å². The average molecular weight is 436 g/mol. The molecule has 1 fully saturated rings. The van der Waals surface area contributed by atoms with Crippen molar-refractivity contribution in [3.8, 4) is 5.75 Å². The quantitative estimate of drug-likeness (QED) is 0.693. The van der Waals surface area contributed by atoms with Gasteiger partial charge in [-0.3, -0.25) is 0 Å². The maximum absolute atomic E-state index is 9.10. The number of hydrogen-bond acceptors (Lipinski definition) is 6. The Bertz CT molecular complexity index is 937. The Morgan fingerprint density at radius 1 is 1.13 bits per heavy atom. The molecule has 30 heavy (non-hydrogen) atoms. The number of carboxylic acids is 2. The summed E-state index contributed by atoms with van der Waals surface area (Å²) in [6.07, 6.45) is -0.0158. The lowest BCUT2D eigenvalue weighted by Gasteiger charge is -2.30. The van der Waals surface area contributed by atoms with Crippen molar-refractivity contribution in [3.05, 3.63) is 64.2 Å². The summed E-state index contributed by atoms with van der Waals surface area (Å²) >= 11 is 6.26. The molecular weight excluding hydrogens is 414 g/mol. The number of aliphatic carboxylic acids is 2. The molecule has 2 unspecified atom stereocenters. The molecule has 0 saturated carbocycles. The monoisotopic (exact) mass is 435 g/mol. The first-order valence-electron chi connectivity index (χ1n) is 9.17. The van der Waals surface area contributed by atoms with Gasteiger partial charge in [-0.1, -0.05) is 35.9 Å². The standard InChI is InChI=1S/C19H20ClNO3.C2H2O4/c1-21(2)10-15-12-23-19(24-15)16-6-4-3-5-13(16)11-22-18-8-7-14(20)9-17(18)19;3-1(4)2(5)6/h3-9,15H,10-12H2,1-2H3;(H,3,4)(H,5,6). The summed E-state index contributed by atoms with van der Waals surface area (Å²) in [5.74, 6) is -3.86. The van der Waals surface area contributed by atoms with E-state index in [1.807, 2.05) is 50.5 Å². The van der Waals surface area contributed by atoms with Crippen LogP contribution >= 0.6 is 11.6 Å². The number of ether oxygens (including phenoxy) is 3. The summed E-state index contributed by atoms with van der Waals surface area (Å²) in [5.41, 5.74) is 2.89. The third-order valence-electron chi connectivity index (χ3n) is 4.61. The lowest BCUT2D eigenvalue weighted by molar-refractivity contribution is -0.159. The van der Waals surface area contributed by atoms with E-state index in [1.54, 1.807) is 0 Å². The number of benzene rings is 2. The molecule has 2 heterocycles. The van der Waals surface area contributed by atoms with E-state index in [2.05, 4.69) is 11.0 Å². The third kappa shape index (κ3) is 4.57. The molecule has 0 amide bonds. The van der Waals surface area contributed by atoms with Gasteiger partial charge < -0.3 is 29.3 Å². The van der Waals surface area contributed by atoms with Crippen LogP contribution in [0.3, 0.4) is 0 Å². The van der Waals surface area contributed by atoms with Crippen LogP contribution in [0.4, 0.5) is 0 Å². The first kappa shape index (κ1) is 22.0. The van der Waals surface area contributed by atoms with E-state index >= 15 is 0 Å². The van der Waals surface area contributed by atoms with Crippen LogP contribution in [0.5, 0.6) is 5.75 Å². The molecule has 2 aromatic carbocycles. The van der Waals surface area contributed by atoms with Crippen LogP contribution in [0.25, 0.3) is 0 Å². The molecule has 160 valence electrons. The highest BCUT2D eigenvalue weighted by Gasteiger charge is 2.49. The molecule has 2 N–H and O–H groups in total. The molecule has 8 nitrogen and oxygen atoms in total. The maximum Gasteiger partial charge on any atom is 0.414 e. The average Bonchev–Trinajstić information content (AvgIpc) is 3.06. The lowest BCUT2D eigenvalue weighted by Crippen LogP contribution is -2.33. The second-order valence-electron chi connectivity index (χ2n) is 7.13. The Morgan fingerprint density at radius 2 is 1.83 bits per heavy atom. The van der Waals surface area contributed by atoms with Crippen molar-refractivity contribution in [2.24, 2.45) is 0 Å². The van der Waals surface area contributed by atoms with E-state index in [1.165, 1.54) is 0 Å². The highest BCUT2D eigenvalue weighted by Crippen LogP contribution is 2.48. The number of rotatable bonds is 2. The summed E-state index contributed by atoms with van der Waals surface area (Å²) in [5, 5.41) is 15.4. The summed E-state index contributed by atoms with van der Waals surface area (Å²) in [6.45, 7) is 1.80. The largest absolute Gasteiger partial charge is 0.488 e. The van der Waals surface area contributed by atoms with Crippen molar-refractivity contribution < 1.29 is 34.0 Å². The van der Waals surface area contributed by atoms with Crippen molar-refractivity contribution in [2.45, 2.75) is 18.5 Å². The normalized spacial score (nSPS) is 21.7. The zero-order chi connectivity index (χ0) is 21.9. The molecule has 0 aliphatic carbocycles. The minimum atomic E-state index is -1.82. The van der Waals surface area contributed by atoms with E-state index in [9.17, 15) is 0 Å². The van der Waals surface area contributed by atoms with Gasteiger partial charge in [0.05, 0.1) is 18.3 Å². The fraction of sp³-hybridized carbons (Fsp3) is 0.333. The molecule has 9 heteroatoms. The van der Waals surface area contributed by atoms with Gasteiger partial charge in [0, 0.05) is 17.1 Å². The van der Waals surface area contributed by atoms with Gasteiger partial charge in [-0.15, -0.1) is 0 Å².